The number of aromatic nitrogens is 2. The highest BCUT2D eigenvalue weighted by Gasteiger charge is 2.24. The lowest BCUT2D eigenvalue weighted by molar-refractivity contribution is 0.188. The lowest BCUT2D eigenvalue weighted by Crippen LogP contribution is -2.48. The Kier molecular flexibility index (Phi) is 8.27. The van der Waals surface area contributed by atoms with E-state index in [-0.39, 0.29) is 6.61 Å². The number of hydrogen-bond acceptors (Lipinski definition) is 6. The summed E-state index contributed by atoms with van der Waals surface area (Å²) < 4.78 is 6.43. The predicted octanol–water partition coefficient (Wildman–Crippen LogP) is 5.19. The molecule has 1 fully saturated rings. The summed E-state index contributed by atoms with van der Waals surface area (Å²) in [7, 11) is 0. The van der Waals surface area contributed by atoms with Crippen molar-refractivity contribution in [3.8, 4) is 17.1 Å². The molecule has 0 amide bonds. The van der Waals surface area contributed by atoms with E-state index in [4.69, 9.17) is 14.7 Å². The summed E-state index contributed by atoms with van der Waals surface area (Å²) in [5.41, 5.74) is 7.85. The number of aliphatic hydroxyl groups excluding tert-OH is 1. The first kappa shape index (κ1) is 26.1. The number of β-amino-alcohol motifs (C(OH)–C–C–N with tert-alkyl or cyclic N) is 1. The smallest absolute Gasteiger partial charge is 0.162 e. The second-order valence-electron chi connectivity index (χ2n) is 10.2. The molecular formula is C30H40N4O2. The van der Waals surface area contributed by atoms with Gasteiger partial charge in [-0.3, -0.25) is 4.90 Å². The monoisotopic (exact) mass is 488 g/mol. The third-order valence-corrected chi connectivity index (χ3v) is 7.24. The SMILES string of the molecule is Cc1ccc(C(C)C)cc1OCc1c(C)nc(-c2c(C)cccc2C)nc1N1CCN(CCO)CC1. The molecule has 1 aromatic heterocycles. The van der Waals surface area contributed by atoms with Crippen molar-refractivity contribution in [3.05, 3.63) is 69.9 Å². The molecule has 1 aliphatic rings. The van der Waals surface area contributed by atoms with Gasteiger partial charge in [0.1, 0.15) is 18.2 Å². The van der Waals surface area contributed by atoms with Gasteiger partial charge in [-0.15, -0.1) is 0 Å². The van der Waals surface area contributed by atoms with Crippen LogP contribution in [0.3, 0.4) is 0 Å². The van der Waals surface area contributed by atoms with Crippen LogP contribution in [0.2, 0.25) is 0 Å². The first-order valence-electron chi connectivity index (χ1n) is 13.0. The molecule has 6 heteroatoms. The van der Waals surface area contributed by atoms with Crippen LogP contribution in [0.15, 0.2) is 36.4 Å². The van der Waals surface area contributed by atoms with Crippen LogP contribution < -0.4 is 9.64 Å². The van der Waals surface area contributed by atoms with E-state index in [1.54, 1.807) is 0 Å². The number of aryl methyl sites for hydroxylation is 4. The van der Waals surface area contributed by atoms with Crippen molar-refractivity contribution in [2.75, 3.05) is 44.2 Å². The van der Waals surface area contributed by atoms with Crippen LogP contribution in [0.5, 0.6) is 5.75 Å². The van der Waals surface area contributed by atoms with Crippen LogP contribution in [0.4, 0.5) is 5.82 Å². The molecule has 1 N–H and O–H groups in total. The van der Waals surface area contributed by atoms with Gasteiger partial charge >= 0.3 is 0 Å². The summed E-state index contributed by atoms with van der Waals surface area (Å²) in [5, 5.41) is 9.36. The Bertz CT molecular complexity index is 1180. The van der Waals surface area contributed by atoms with Gasteiger partial charge in [0, 0.05) is 38.3 Å². The maximum Gasteiger partial charge on any atom is 0.162 e. The zero-order chi connectivity index (χ0) is 25.8. The molecule has 2 aromatic carbocycles. The molecule has 0 unspecified atom stereocenters. The maximum absolute atomic E-state index is 9.36. The van der Waals surface area contributed by atoms with Gasteiger partial charge in [0.2, 0.25) is 0 Å². The quantitative estimate of drug-likeness (QED) is 0.471. The fraction of sp³-hybridized carbons (Fsp3) is 0.467. The molecule has 0 radical (unpaired) electrons. The topological polar surface area (TPSA) is 61.7 Å². The molecule has 36 heavy (non-hydrogen) atoms. The normalized spacial score (nSPS) is 14.5. The second-order valence-corrected chi connectivity index (χ2v) is 10.2. The van der Waals surface area contributed by atoms with Crippen molar-refractivity contribution in [1.29, 1.82) is 0 Å². The molecule has 192 valence electrons. The number of nitrogens with zero attached hydrogens (tertiary/aromatic N) is 4. The molecule has 0 spiro atoms. The van der Waals surface area contributed by atoms with Crippen molar-refractivity contribution in [1.82, 2.24) is 14.9 Å². The molecule has 1 aliphatic heterocycles. The van der Waals surface area contributed by atoms with Crippen molar-refractivity contribution in [3.63, 3.8) is 0 Å². The number of piperazine rings is 1. The summed E-state index contributed by atoms with van der Waals surface area (Å²) in [6.07, 6.45) is 0. The van der Waals surface area contributed by atoms with Crippen LogP contribution in [0.25, 0.3) is 11.4 Å². The fourth-order valence-electron chi connectivity index (χ4n) is 4.90. The van der Waals surface area contributed by atoms with Gasteiger partial charge < -0.3 is 14.7 Å². The van der Waals surface area contributed by atoms with Crippen molar-refractivity contribution in [2.45, 2.75) is 54.1 Å². The number of hydrogen-bond donors (Lipinski definition) is 1. The van der Waals surface area contributed by atoms with Crippen molar-refractivity contribution < 1.29 is 9.84 Å². The number of rotatable bonds is 8. The van der Waals surface area contributed by atoms with Gasteiger partial charge in [-0.2, -0.15) is 0 Å². The molecule has 0 bridgehead atoms. The van der Waals surface area contributed by atoms with Gasteiger partial charge in [0.05, 0.1) is 17.9 Å². The van der Waals surface area contributed by atoms with Crippen molar-refractivity contribution in [2.24, 2.45) is 0 Å². The van der Waals surface area contributed by atoms with E-state index in [1.165, 1.54) is 16.7 Å². The predicted molar refractivity (Wildman–Crippen MR) is 147 cm³/mol. The van der Waals surface area contributed by atoms with Crippen LogP contribution >= 0.6 is 0 Å². The summed E-state index contributed by atoms with van der Waals surface area (Å²) in [5.74, 6) is 3.10. The Morgan fingerprint density at radius 1 is 0.917 bits per heavy atom. The minimum atomic E-state index is 0.192. The minimum absolute atomic E-state index is 0.192. The Balaban J connectivity index is 1.71. The number of aliphatic hydroxyl groups is 1. The second kappa shape index (κ2) is 11.4. The largest absolute Gasteiger partial charge is 0.488 e. The van der Waals surface area contributed by atoms with E-state index in [0.717, 1.165) is 66.0 Å². The maximum atomic E-state index is 9.36. The Morgan fingerprint density at radius 3 is 2.25 bits per heavy atom. The first-order valence-corrected chi connectivity index (χ1v) is 13.0. The molecule has 6 nitrogen and oxygen atoms in total. The van der Waals surface area contributed by atoms with E-state index >= 15 is 0 Å². The van der Waals surface area contributed by atoms with Gasteiger partial charge in [-0.1, -0.05) is 44.2 Å². The summed E-state index contributed by atoms with van der Waals surface area (Å²) in [6, 6.07) is 12.8. The molecule has 0 saturated carbocycles. The molecule has 4 rings (SSSR count). The molecule has 3 aromatic rings. The lowest BCUT2D eigenvalue weighted by atomic mass is 10.0. The highest BCUT2D eigenvalue weighted by Crippen LogP contribution is 2.31. The van der Waals surface area contributed by atoms with E-state index in [2.05, 4.69) is 87.7 Å². The minimum Gasteiger partial charge on any atom is -0.488 e. The molecule has 0 atom stereocenters. The first-order chi connectivity index (χ1) is 17.3. The molecular weight excluding hydrogens is 448 g/mol. The Labute approximate surface area is 216 Å². The summed E-state index contributed by atoms with van der Waals surface area (Å²) in [6.45, 7) is 17.7. The highest BCUT2D eigenvalue weighted by molar-refractivity contribution is 5.67. The standard InChI is InChI=1S/C30H40N4O2/c1-20(2)25-11-10-21(3)27(18-25)36-19-26-24(6)31-29(28-22(4)8-7-9-23(28)5)32-30(26)34-14-12-33(13-15-34)16-17-35/h7-11,18,20,35H,12-17,19H2,1-6H3. The Morgan fingerprint density at radius 2 is 1.61 bits per heavy atom. The lowest BCUT2D eigenvalue weighted by Gasteiger charge is -2.36. The number of ether oxygens (including phenoxy) is 1. The van der Waals surface area contributed by atoms with Gasteiger partial charge in [-0.05, 0) is 61.9 Å². The van der Waals surface area contributed by atoms with E-state index in [9.17, 15) is 5.11 Å². The average molecular weight is 489 g/mol. The third kappa shape index (κ3) is 5.71. The van der Waals surface area contributed by atoms with E-state index < -0.39 is 0 Å². The van der Waals surface area contributed by atoms with Crippen LogP contribution in [0, 0.1) is 27.7 Å². The van der Waals surface area contributed by atoms with Gasteiger partial charge in [-0.25, -0.2) is 9.97 Å². The van der Waals surface area contributed by atoms with Gasteiger partial charge in [0.15, 0.2) is 5.82 Å². The Hall–Kier alpha value is -2.96. The molecule has 0 aliphatic carbocycles. The summed E-state index contributed by atoms with van der Waals surface area (Å²) in [4.78, 5) is 14.8. The van der Waals surface area contributed by atoms with Crippen molar-refractivity contribution >= 4 is 5.82 Å². The zero-order valence-corrected chi connectivity index (χ0v) is 22.6. The number of benzene rings is 2. The number of anilines is 1. The average Bonchev–Trinajstić information content (AvgIpc) is 2.84. The fourth-order valence-corrected chi connectivity index (χ4v) is 4.90. The molecule has 2 heterocycles. The zero-order valence-electron chi connectivity index (χ0n) is 22.6. The van der Waals surface area contributed by atoms with Crippen LogP contribution in [-0.2, 0) is 6.61 Å². The van der Waals surface area contributed by atoms with Crippen LogP contribution in [0.1, 0.15) is 53.3 Å². The van der Waals surface area contributed by atoms with E-state index in [0.29, 0.717) is 19.1 Å². The van der Waals surface area contributed by atoms with Gasteiger partial charge in [0.25, 0.3) is 0 Å². The molecule has 1 saturated heterocycles. The van der Waals surface area contributed by atoms with E-state index in [1.807, 2.05) is 0 Å². The highest BCUT2D eigenvalue weighted by atomic mass is 16.5. The van der Waals surface area contributed by atoms with Crippen LogP contribution in [-0.4, -0.2) is 59.3 Å². The summed E-state index contributed by atoms with van der Waals surface area (Å²) >= 11 is 0. The third-order valence-electron chi connectivity index (χ3n) is 7.24.